The molecule has 0 radical (unpaired) electrons. The molecule has 0 aliphatic carbocycles. The van der Waals surface area contributed by atoms with Crippen molar-refractivity contribution in [1.82, 2.24) is 14.7 Å². The van der Waals surface area contributed by atoms with Crippen LogP contribution in [0.4, 0.5) is 0 Å². The Morgan fingerprint density at radius 1 is 1.05 bits per heavy atom. The van der Waals surface area contributed by atoms with Crippen molar-refractivity contribution >= 4 is 11.8 Å². The van der Waals surface area contributed by atoms with E-state index in [9.17, 15) is 9.59 Å². The first-order valence-electron chi connectivity index (χ1n) is 6.57. The number of hydrogen-bond donors (Lipinski definition) is 0. The Bertz CT molecular complexity index is 653. The Morgan fingerprint density at radius 2 is 1.65 bits per heavy atom. The molecule has 2 heterocycles. The van der Waals surface area contributed by atoms with Gasteiger partial charge in [0.15, 0.2) is 0 Å². The van der Waals surface area contributed by atoms with Crippen LogP contribution in [0, 0.1) is 0 Å². The topological polar surface area (TPSA) is 55.2 Å². The van der Waals surface area contributed by atoms with Gasteiger partial charge in [0.25, 0.3) is 11.8 Å². The molecule has 102 valence electrons. The predicted molar refractivity (Wildman–Crippen MR) is 73.3 cm³/mol. The summed E-state index contributed by atoms with van der Waals surface area (Å²) >= 11 is 0. The van der Waals surface area contributed by atoms with Crippen molar-refractivity contribution in [3.8, 4) is 0 Å². The van der Waals surface area contributed by atoms with E-state index in [-0.39, 0.29) is 24.4 Å². The van der Waals surface area contributed by atoms with Crippen LogP contribution in [0.15, 0.2) is 36.5 Å². The van der Waals surface area contributed by atoms with E-state index in [1.165, 1.54) is 4.90 Å². The van der Waals surface area contributed by atoms with Gasteiger partial charge in [0.1, 0.15) is 0 Å². The van der Waals surface area contributed by atoms with Crippen LogP contribution < -0.4 is 0 Å². The summed E-state index contributed by atoms with van der Waals surface area (Å²) in [6.45, 7) is 4.27. The van der Waals surface area contributed by atoms with Gasteiger partial charge in [-0.15, -0.1) is 0 Å². The number of imide groups is 1. The Hall–Kier alpha value is -2.43. The number of rotatable bonds is 3. The maximum atomic E-state index is 12.2. The van der Waals surface area contributed by atoms with E-state index in [0.29, 0.717) is 16.8 Å². The minimum absolute atomic E-state index is 0.214. The van der Waals surface area contributed by atoms with Gasteiger partial charge in [-0.3, -0.25) is 19.2 Å². The molecule has 0 saturated carbocycles. The summed E-state index contributed by atoms with van der Waals surface area (Å²) in [5, 5.41) is 4.38. The van der Waals surface area contributed by atoms with Gasteiger partial charge in [-0.1, -0.05) is 12.1 Å². The van der Waals surface area contributed by atoms with Gasteiger partial charge < -0.3 is 0 Å². The molecule has 3 rings (SSSR count). The molecule has 5 nitrogen and oxygen atoms in total. The van der Waals surface area contributed by atoms with E-state index in [0.717, 1.165) is 0 Å². The molecule has 0 saturated heterocycles. The van der Waals surface area contributed by atoms with E-state index in [1.54, 1.807) is 24.3 Å². The van der Waals surface area contributed by atoms with Crippen molar-refractivity contribution < 1.29 is 9.59 Å². The van der Waals surface area contributed by atoms with Crippen LogP contribution in [-0.4, -0.2) is 26.5 Å². The smallest absolute Gasteiger partial charge is 0.261 e. The zero-order valence-electron chi connectivity index (χ0n) is 11.4. The molecule has 0 unspecified atom stereocenters. The van der Waals surface area contributed by atoms with Crippen molar-refractivity contribution in [2.24, 2.45) is 0 Å². The summed E-state index contributed by atoms with van der Waals surface area (Å²) in [7, 11) is 0. The van der Waals surface area contributed by atoms with Gasteiger partial charge in [-0.25, -0.2) is 0 Å². The van der Waals surface area contributed by atoms with Crippen molar-refractivity contribution in [3.63, 3.8) is 0 Å². The van der Waals surface area contributed by atoms with Crippen molar-refractivity contribution in [3.05, 3.63) is 53.3 Å². The zero-order chi connectivity index (χ0) is 14.3. The fourth-order valence-electron chi connectivity index (χ4n) is 2.29. The molecule has 0 fully saturated rings. The minimum Gasteiger partial charge on any atom is -0.270 e. The summed E-state index contributed by atoms with van der Waals surface area (Å²) < 4.78 is 1.81. The highest BCUT2D eigenvalue weighted by atomic mass is 16.2. The number of amides is 2. The normalized spacial score (nSPS) is 14.2. The highest BCUT2D eigenvalue weighted by Gasteiger charge is 2.35. The van der Waals surface area contributed by atoms with Gasteiger partial charge in [-0.2, -0.15) is 5.10 Å². The maximum absolute atomic E-state index is 12.2. The first-order chi connectivity index (χ1) is 9.58. The number of nitrogens with zero attached hydrogens (tertiary/aromatic N) is 3. The van der Waals surface area contributed by atoms with E-state index in [1.807, 2.05) is 30.8 Å². The second kappa shape index (κ2) is 4.59. The van der Waals surface area contributed by atoms with Crippen LogP contribution in [0.25, 0.3) is 0 Å². The van der Waals surface area contributed by atoms with E-state index >= 15 is 0 Å². The lowest BCUT2D eigenvalue weighted by Crippen LogP contribution is -2.29. The number of hydrogen-bond acceptors (Lipinski definition) is 3. The lowest BCUT2D eigenvalue weighted by molar-refractivity contribution is 0.0640. The molecule has 0 bridgehead atoms. The van der Waals surface area contributed by atoms with Gasteiger partial charge >= 0.3 is 0 Å². The molecule has 1 aromatic carbocycles. The lowest BCUT2D eigenvalue weighted by atomic mass is 10.1. The largest absolute Gasteiger partial charge is 0.270 e. The highest BCUT2D eigenvalue weighted by Crippen LogP contribution is 2.23. The van der Waals surface area contributed by atoms with Crippen LogP contribution in [-0.2, 0) is 6.54 Å². The average Bonchev–Trinajstić information content (AvgIpc) is 3.00. The number of fused-ring (bicyclic) bond motifs is 1. The first kappa shape index (κ1) is 12.6. The van der Waals surface area contributed by atoms with Gasteiger partial charge in [0, 0.05) is 12.2 Å². The van der Waals surface area contributed by atoms with Crippen LogP contribution in [0.1, 0.15) is 46.3 Å². The molecule has 0 N–H and O–H groups in total. The molecule has 5 heteroatoms. The van der Waals surface area contributed by atoms with Crippen LogP contribution >= 0.6 is 0 Å². The average molecular weight is 269 g/mol. The highest BCUT2D eigenvalue weighted by molar-refractivity contribution is 6.21. The third kappa shape index (κ3) is 1.91. The van der Waals surface area contributed by atoms with Crippen LogP contribution in [0.2, 0.25) is 0 Å². The molecular formula is C15H15N3O2. The SMILES string of the molecule is CC(C)n1ccc(CN2C(=O)c3ccccc3C2=O)n1. The molecule has 2 aromatic rings. The molecular weight excluding hydrogens is 254 g/mol. The Labute approximate surface area is 116 Å². The molecule has 0 atom stereocenters. The van der Waals surface area contributed by atoms with E-state index in [4.69, 9.17) is 0 Å². The fourth-order valence-corrected chi connectivity index (χ4v) is 2.29. The maximum Gasteiger partial charge on any atom is 0.261 e. The summed E-state index contributed by atoms with van der Waals surface area (Å²) in [6, 6.07) is 8.99. The molecule has 0 spiro atoms. The summed E-state index contributed by atoms with van der Waals surface area (Å²) in [4.78, 5) is 25.7. The number of aromatic nitrogens is 2. The second-order valence-corrected chi connectivity index (χ2v) is 5.12. The van der Waals surface area contributed by atoms with Crippen LogP contribution in [0.5, 0.6) is 0 Å². The zero-order valence-corrected chi connectivity index (χ0v) is 11.4. The summed E-state index contributed by atoms with van der Waals surface area (Å²) in [5.74, 6) is -0.491. The summed E-state index contributed by atoms with van der Waals surface area (Å²) in [6.07, 6.45) is 1.86. The summed E-state index contributed by atoms with van der Waals surface area (Å²) in [5.41, 5.74) is 1.66. The first-order valence-corrected chi connectivity index (χ1v) is 6.57. The second-order valence-electron chi connectivity index (χ2n) is 5.12. The monoisotopic (exact) mass is 269 g/mol. The van der Waals surface area contributed by atoms with Crippen molar-refractivity contribution in [2.45, 2.75) is 26.4 Å². The molecule has 2 amide bonds. The Morgan fingerprint density at radius 3 is 2.15 bits per heavy atom. The van der Waals surface area contributed by atoms with Crippen LogP contribution in [0.3, 0.4) is 0 Å². The number of carbonyl (C=O) groups is 2. The van der Waals surface area contributed by atoms with Gasteiger partial charge in [0.2, 0.25) is 0 Å². The van der Waals surface area contributed by atoms with Gasteiger partial charge in [-0.05, 0) is 32.0 Å². The third-order valence-electron chi connectivity index (χ3n) is 3.39. The predicted octanol–water partition coefficient (Wildman–Crippen LogP) is 2.26. The standard InChI is InChI=1S/C15H15N3O2/c1-10(2)18-8-7-11(16-18)9-17-14(19)12-5-3-4-6-13(12)15(17)20/h3-8,10H,9H2,1-2H3. The molecule has 20 heavy (non-hydrogen) atoms. The quantitative estimate of drug-likeness (QED) is 0.803. The van der Waals surface area contributed by atoms with E-state index < -0.39 is 0 Å². The lowest BCUT2D eigenvalue weighted by Gasteiger charge is -2.12. The Kier molecular flexibility index (Phi) is 2.89. The number of carbonyl (C=O) groups excluding carboxylic acids is 2. The molecule has 1 aliphatic heterocycles. The fraction of sp³-hybridized carbons (Fsp3) is 0.267. The third-order valence-corrected chi connectivity index (χ3v) is 3.39. The van der Waals surface area contributed by atoms with Crippen molar-refractivity contribution in [2.75, 3.05) is 0 Å². The minimum atomic E-state index is -0.246. The number of benzene rings is 1. The van der Waals surface area contributed by atoms with Crippen molar-refractivity contribution in [1.29, 1.82) is 0 Å². The Balaban J connectivity index is 1.86. The van der Waals surface area contributed by atoms with Gasteiger partial charge in [0.05, 0.1) is 23.4 Å². The van der Waals surface area contributed by atoms with E-state index in [2.05, 4.69) is 5.10 Å². The molecule has 1 aliphatic rings. The molecule has 1 aromatic heterocycles.